The van der Waals surface area contributed by atoms with Crippen molar-refractivity contribution in [3.63, 3.8) is 0 Å². The Kier molecular flexibility index (Phi) is 3.36. The lowest BCUT2D eigenvalue weighted by atomic mass is 10.3. The van der Waals surface area contributed by atoms with Crippen LogP contribution in [0.25, 0.3) is 0 Å². The predicted octanol–water partition coefficient (Wildman–Crippen LogP) is 2.27. The Morgan fingerprint density at radius 2 is 2.08 bits per heavy atom. The van der Waals surface area contributed by atoms with Crippen LogP contribution in [0.15, 0.2) is 12.1 Å². The Morgan fingerprint density at radius 1 is 1.38 bits per heavy atom. The van der Waals surface area contributed by atoms with E-state index in [-0.39, 0.29) is 17.3 Å². The van der Waals surface area contributed by atoms with E-state index in [1.54, 1.807) is 0 Å². The normalized spacial score (nSPS) is 9.85. The molecule has 1 aromatic carbocycles. The molecular formula is C8H9F2NOS. The second-order valence-corrected chi connectivity index (χ2v) is 2.62. The molecule has 0 aliphatic carbocycles. The van der Waals surface area contributed by atoms with Crippen molar-refractivity contribution in [2.75, 3.05) is 18.3 Å². The van der Waals surface area contributed by atoms with Crippen molar-refractivity contribution < 1.29 is 13.5 Å². The van der Waals surface area contributed by atoms with Gasteiger partial charge in [-0.25, -0.2) is 8.78 Å². The van der Waals surface area contributed by atoms with Crippen LogP contribution < -0.4 is 10.1 Å². The van der Waals surface area contributed by atoms with E-state index in [4.69, 9.17) is 0 Å². The predicted molar refractivity (Wildman–Crippen MR) is 50.4 cm³/mol. The van der Waals surface area contributed by atoms with E-state index in [1.165, 1.54) is 7.11 Å². The molecule has 0 amide bonds. The van der Waals surface area contributed by atoms with Crippen molar-refractivity contribution in [3.8, 4) is 5.75 Å². The molecule has 0 saturated heterocycles. The summed E-state index contributed by atoms with van der Waals surface area (Å²) in [5.41, 5.74) is 0.0771. The highest BCUT2D eigenvalue weighted by molar-refractivity contribution is 7.80. The molecule has 0 saturated carbocycles. The van der Waals surface area contributed by atoms with Crippen molar-refractivity contribution in [2.45, 2.75) is 0 Å². The van der Waals surface area contributed by atoms with Gasteiger partial charge in [-0.3, -0.25) is 0 Å². The summed E-state index contributed by atoms with van der Waals surface area (Å²) in [4.78, 5) is 0. The maximum atomic E-state index is 13.1. The monoisotopic (exact) mass is 205 g/mol. The first-order valence-corrected chi connectivity index (χ1v) is 4.20. The number of thiol groups is 1. The number of methoxy groups -OCH3 is 1. The molecule has 0 radical (unpaired) electrons. The van der Waals surface area contributed by atoms with E-state index in [0.29, 0.717) is 0 Å². The fourth-order valence-corrected chi connectivity index (χ4v) is 1.08. The Hall–Kier alpha value is -0.970. The highest BCUT2D eigenvalue weighted by Crippen LogP contribution is 2.24. The van der Waals surface area contributed by atoms with Crippen LogP contribution in [0.5, 0.6) is 5.75 Å². The lowest BCUT2D eigenvalue weighted by molar-refractivity contribution is 0.383. The van der Waals surface area contributed by atoms with Gasteiger partial charge in [0.1, 0.15) is 5.82 Å². The number of hydrogen-bond acceptors (Lipinski definition) is 3. The van der Waals surface area contributed by atoms with Gasteiger partial charge in [0, 0.05) is 12.1 Å². The molecule has 13 heavy (non-hydrogen) atoms. The molecule has 1 aromatic rings. The Balaban J connectivity index is 3.05. The molecule has 5 heteroatoms. The summed E-state index contributed by atoms with van der Waals surface area (Å²) < 4.78 is 30.7. The maximum Gasteiger partial charge on any atom is 0.167 e. The maximum absolute atomic E-state index is 13.1. The largest absolute Gasteiger partial charge is 0.494 e. The number of anilines is 1. The fourth-order valence-electron chi connectivity index (χ4n) is 0.906. The minimum Gasteiger partial charge on any atom is -0.494 e. The zero-order chi connectivity index (χ0) is 9.84. The van der Waals surface area contributed by atoms with Gasteiger partial charge in [-0.05, 0) is 0 Å². The minimum atomic E-state index is -0.604. The summed E-state index contributed by atoms with van der Waals surface area (Å²) in [7, 11) is 1.28. The number of rotatable bonds is 3. The van der Waals surface area contributed by atoms with Crippen LogP contribution in [-0.2, 0) is 0 Å². The summed E-state index contributed by atoms with van der Waals surface area (Å²) in [5, 5.41) is 2.56. The van der Waals surface area contributed by atoms with Crippen LogP contribution in [0.4, 0.5) is 14.5 Å². The Labute approximate surface area is 80.3 Å². The second-order valence-electron chi connectivity index (χ2n) is 2.30. The van der Waals surface area contributed by atoms with Crippen LogP contribution in [0.2, 0.25) is 0 Å². The van der Waals surface area contributed by atoms with Crippen LogP contribution in [0.3, 0.4) is 0 Å². The van der Waals surface area contributed by atoms with Gasteiger partial charge in [-0.15, -0.1) is 0 Å². The lowest BCUT2D eigenvalue weighted by Crippen LogP contribution is -1.99. The molecular weight excluding hydrogens is 196 g/mol. The second kappa shape index (κ2) is 4.32. The summed E-state index contributed by atoms with van der Waals surface area (Å²) in [6.07, 6.45) is 0. The first kappa shape index (κ1) is 10.1. The lowest BCUT2D eigenvalue weighted by Gasteiger charge is -2.07. The molecule has 72 valence electrons. The zero-order valence-electron chi connectivity index (χ0n) is 6.97. The third kappa shape index (κ3) is 2.24. The number of nitrogens with one attached hydrogen (secondary N) is 1. The SMILES string of the molecule is COc1cc(F)c(NCS)cc1F. The van der Waals surface area contributed by atoms with E-state index in [1.807, 2.05) is 0 Å². The highest BCUT2D eigenvalue weighted by atomic mass is 32.1. The zero-order valence-corrected chi connectivity index (χ0v) is 7.87. The van der Waals surface area contributed by atoms with Crippen LogP contribution in [-0.4, -0.2) is 13.0 Å². The number of hydrogen-bond donors (Lipinski definition) is 2. The van der Waals surface area contributed by atoms with Gasteiger partial charge >= 0.3 is 0 Å². The van der Waals surface area contributed by atoms with E-state index in [0.717, 1.165) is 12.1 Å². The topological polar surface area (TPSA) is 21.3 Å². The molecule has 0 aromatic heterocycles. The first-order chi connectivity index (χ1) is 6.19. The first-order valence-electron chi connectivity index (χ1n) is 3.56. The third-order valence-corrected chi connectivity index (χ3v) is 1.67. The fraction of sp³-hybridized carbons (Fsp3) is 0.250. The summed E-state index contributed by atoms with van der Waals surface area (Å²) in [6.45, 7) is 0. The van der Waals surface area contributed by atoms with Crippen LogP contribution in [0.1, 0.15) is 0 Å². The highest BCUT2D eigenvalue weighted by Gasteiger charge is 2.08. The molecule has 0 bridgehead atoms. The molecule has 2 nitrogen and oxygen atoms in total. The number of halogens is 2. The van der Waals surface area contributed by atoms with E-state index in [2.05, 4.69) is 22.7 Å². The van der Waals surface area contributed by atoms with Crippen molar-refractivity contribution in [1.29, 1.82) is 0 Å². The standard InChI is InChI=1S/C8H9F2NOS/c1-12-8-3-5(9)7(11-4-13)2-6(8)10/h2-3,11,13H,4H2,1H3. The quantitative estimate of drug-likeness (QED) is 0.583. The molecule has 0 fully saturated rings. The van der Waals surface area contributed by atoms with Gasteiger partial charge in [-0.1, -0.05) is 0 Å². The Morgan fingerprint density at radius 3 is 2.62 bits per heavy atom. The van der Waals surface area contributed by atoms with E-state index in [9.17, 15) is 8.78 Å². The van der Waals surface area contributed by atoms with Gasteiger partial charge < -0.3 is 10.1 Å². The number of benzene rings is 1. The van der Waals surface area contributed by atoms with Crippen LogP contribution >= 0.6 is 12.6 Å². The van der Waals surface area contributed by atoms with Gasteiger partial charge in [0.2, 0.25) is 0 Å². The number of ether oxygens (including phenoxy) is 1. The van der Waals surface area contributed by atoms with Crippen molar-refractivity contribution in [2.24, 2.45) is 0 Å². The summed E-state index contributed by atoms with van der Waals surface area (Å²) in [6, 6.07) is 2.02. The average Bonchev–Trinajstić information content (AvgIpc) is 2.11. The van der Waals surface area contributed by atoms with Gasteiger partial charge in [-0.2, -0.15) is 12.6 Å². The van der Waals surface area contributed by atoms with Gasteiger partial charge in [0.25, 0.3) is 0 Å². The summed E-state index contributed by atoms with van der Waals surface area (Å²) >= 11 is 3.83. The van der Waals surface area contributed by atoms with Crippen molar-refractivity contribution >= 4 is 18.3 Å². The average molecular weight is 205 g/mol. The van der Waals surface area contributed by atoms with Crippen LogP contribution in [0, 0.1) is 11.6 Å². The molecule has 0 aliphatic rings. The van der Waals surface area contributed by atoms with Crippen molar-refractivity contribution in [3.05, 3.63) is 23.8 Å². The van der Waals surface area contributed by atoms with Crippen molar-refractivity contribution in [1.82, 2.24) is 0 Å². The summed E-state index contributed by atoms with van der Waals surface area (Å²) in [5.74, 6) is -1.04. The molecule has 0 unspecified atom stereocenters. The van der Waals surface area contributed by atoms with E-state index < -0.39 is 11.6 Å². The smallest absolute Gasteiger partial charge is 0.167 e. The van der Waals surface area contributed by atoms with E-state index >= 15 is 0 Å². The minimum absolute atomic E-state index is 0.0771. The molecule has 1 N–H and O–H groups in total. The third-order valence-electron chi connectivity index (χ3n) is 1.51. The molecule has 1 rings (SSSR count). The van der Waals surface area contributed by atoms with Gasteiger partial charge in [0.05, 0.1) is 18.7 Å². The Bertz CT molecular complexity index is 306. The van der Waals surface area contributed by atoms with Gasteiger partial charge in [0.15, 0.2) is 11.6 Å². The molecule has 0 atom stereocenters. The molecule has 0 aliphatic heterocycles. The molecule has 0 heterocycles. The molecule has 0 spiro atoms.